The topological polar surface area (TPSA) is 61.9 Å². The molecule has 1 fully saturated rings. The molecule has 0 radical (unpaired) electrons. The molecule has 0 bridgehead atoms. The molecule has 1 N–H and O–H groups in total. The van der Waals surface area contributed by atoms with E-state index in [2.05, 4.69) is 10.2 Å². The number of hydrogen-bond acceptors (Lipinski definition) is 5. The minimum atomic E-state index is -3.01. The van der Waals surface area contributed by atoms with Gasteiger partial charge in [-0.25, -0.2) is 8.42 Å². The van der Waals surface area contributed by atoms with Gasteiger partial charge < -0.3 is 10.1 Å². The van der Waals surface area contributed by atoms with E-state index in [0.29, 0.717) is 13.1 Å². The Kier molecular flexibility index (Phi) is 8.63. The second kappa shape index (κ2) is 9.68. The van der Waals surface area contributed by atoms with Crippen LogP contribution in [-0.2, 0) is 14.8 Å². The predicted molar refractivity (Wildman–Crippen MR) is 81.5 cm³/mol. The fraction of sp³-hybridized carbons (Fsp3) is 1.00. The van der Waals surface area contributed by atoms with Crippen LogP contribution in [0.2, 0.25) is 0 Å². The molecule has 1 rings (SSSR count). The molecule has 6 nitrogen and oxygen atoms in total. The molecule has 0 aromatic heterocycles. The largest absolute Gasteiger partial charge is 0.382 e. The summed E-state index contributed by atoms with van der Waals surface area (Å²) in [6.45, 7) is 9.55. The summed E-state index contributed by atoms with van der Waals surface area (Å²) in [5.41, 5.74) is 0. The molecule has 0 unspecified atom stereocenters. The van der Waals surface area contributed by atoms with E-state index in [9.17, 15) is 8.42 Å². The first-order valence-electron chi connectivity index (χ1n) is 7.50. The summed E-state index contributed by atoms with van der Waals surface area (Å²) < 4.78 is 29.6. The van der Waals surface area contributed by atoms with Crippen LogP contribution in [0.5, 0.6) is 0 Å². The summed E-state index contributed by atoms with van der Waals surface area (Å²) in [6, 6.07) is 0. The number of rotatable bonds is 10. The first kappa shape index (κ1) is 17.8. The first-order valence-corrected chi connectivity index (χ1v) is 9.35. The fourth-order valence-corrected chi connectivity index (χ4v) is 3.07. The third kappa shape index (κ3) is 7.54. The monoisotopic (exact) mass is 307 g/mol. The summed E-state index contributed by atoms with van der Waals surface area (Å²) >= 11 is 0. The zero-order valence-electron chi connectivity index (χ0n) is 12.8. The molecule has 1 aliphatic heterocycles. The number of nitrogens with zero attached hydrogens (tertiary/aromatic N) is 2. The Morgan fingerprint density at radius 2 is 1.80 bits per heavy atom. The highest BCUT2D eigenvalue weighted by molar-refractivity contribution is 7.88. The molecular formula is C13H29N3O3S. The lowest BCUT2D eigenvalue weighted by Gasteiger charge is -2.33. The van der Waals surface area contributed by atoms with E-state index in [-0.39, 0.29) is 0 Å². The molecule has 20 heavy (non-hydrogen) atoms. The summed E-state index contributed by atoms with van der Waals surface area (Å²) in [7, 11) is -3.01. The lowest BCUT2D eigenvalue weighted by molar-refractivity contribution is 0.143. The Balaban J connectivity index is 1.97. The van der Waals surface area contributed by atoms with Gasteiger partial charge in [0.15, 0.2) is 0 Å². The number of unbranched alkanes of at least 4 members (excludes halogenated alkanes) is 1. The van der Waals surface area contributed by atoms with Gasteiger partial charge in [-0.1, -0.05) is 0 Å². The molecule has 0 spiro atoms. The van der Waals surface area contributed by atoms with Crippen LogP contribution >= 0.6 is 0 Å². The first-order chi connectivity index (χ1) is 9.54. The summed E-state index contributed by atoms with van der Waals surface area (Å²) in [6.07, 6.45) is 3.53. The molecule has 0 atom stereocenters. The highest BCUT2D eigenvalue weighted by atomic mass is 32.2. The van der Waals surface area contributed by atoms with Gasteiger partial charge in [-0.15, -0.1) is 0 Å². The van der Waals surface area contributed by atoms with Crippen LogP contribution in [0.15, 0.2) is 0 Å². The smallest absolute Gasteiger partial charge is 0.211 e. The minimum Gasteiger partial charge on any atom is -0.382 e. The van der Waals surface area contributed by atoms with E-state index in [0.717, 1.165) is 58.8 Å². The van der Waals surface area contributed by atoms with Crippen LogP contribution in [0.25, 0.3) is 0 Å². The quantitative estimate of drug-likeness (QED) is 0.574. The molecule has 1 aliphatic rings. The van der Waals surface area contributed by atoms with Crippen molar-refractivity contribution in [1.29, 1.82) is 0 Å². The van der Waals surface area contributed by atoms with Crippen molar-refractivity contribution >= 4 is 10.0 Å². The number of sulfonamides is 1. The summed E-state index contributed by atoms with van der Waals surface area (Å²) in [5, 5.41) is 3.42. The van der Waals surface area contributed by atoms with Crippen molar-refractivity contribution in [2.75, 3.05) is 65.3 Å². The third-order valence-electron chi connectivity index (χ3n) is 3.50. The second-order valence-corrected chi connectivity index (χ2v) is 7.14. The van der Waals surface area contributed by atoms with Gasteiger partial charge in [0.2, 0.25) is 10.0 Å². The number of piperazine rings is 1. The van der Waals surface area contributed by atoms with E-state index in [4.69, 9.17) is 4.74 Å². The standard InChI is InChI=1S/C13H29N3O3S/c1-3-19-13-5-4-6-14-7-8-15-9-11-16(12-10-15)20(2,17)18/h14H,3-13H2,1-2H3. The van der Waals surface area contributed by atoms with Crippen LogP contribution in [0.1, 0.15) is 19.8 Å². The van der Waals surface area contributed by atoms with Crippen molar-refractivity contribution in [3.8, 4) is 0 Å². The van der Waals surface area contributed by atoms with Crippen molar-refractivity contribution in [1.82, 2.24) is 14.5 Å². The Hall–Kier alpha value is -0.210. The summed E-state index contributed by atoms with van der Waals surface area (Å²) in [4.78, 5) is 2.31. The van der Waals surface area contributed by atoms with Crippen molar-refractivity contribution < 1.29 is 13.2 Å². The van der Waals surface area contributed by atoms with Crippen molar-refractivity contribution in [3.05, 3.63) is 0 Å². The molecule has 0 aromatic carbocycles. The van der Waals surface area contributed by atoms with Gasteiger partial charge in [-0.2, -0.15) is 4.31 Å². The van der Waals surface area contributed by atoms with Gasteiger partial charge in [0.25, 0.3) is 0 Å². The maximum Gasteiger partial charge on any atom is 0.211 e. The van der Waals surface area contributed by atoms with Gasteiger partial charge in [0.05, 0.1) is 6.26 Å². The molecule has 1 saturated heterocycles. The molecule has 120 valence electrons. The lowest BCUT2D eigenvalue weighted by atomic mass is 10.3. The van der Waals surface area contributed by atoms with Gasteiger partial charge >= 0.3 is 0 Å². The van der Waals surface area contributed by atoms with E-state index in [1.807, 2.05) is 6.92 Å². The molecule has 0 aliphatic carbocycles. The van der Waals surface area contributed by atoms with E-state index in [1.165, 1.54) is 6.26 Å². The average Bonchev–Trinajstić information content (AvgIpc) is 2.41. The highest BCUT2D eigenvalue weighted by Crippen LogP contribution is 2.05. The predicted octanol–water partition coefficient (Wildman–Crippen LogP) is -0.0301. The summed E-state index contributed by atoms with van der Waals surface area (Å²) in [5.74, 6) is 0. The van der Waals surface area contributed by atoms with Crippen LogP contribution in [0, 0.1) is 0 Å². The number of hydrogen-bond donors (Lipinski definition) is 1. The van der Waals surface area contributed by atoms with Crippen molar-refractivity contribution in [2.24, 2.45) is 0 Å². The normalized spacial score (nSPS) is 18.5. The zero-order chi connectivity index (χ0) is 14.8. The molecule has 0 amide bonds. The fourth-order valence-electron chi connectivity index (χ4n) is 2.25. The van der Waals surface area contributed by atoms with E-state index >= 15 is 0 Å². The second-order valence-electron chi connectivity index (χ2n) is 5.16. The number of ether oxygens (including phenoxy) is 1. The highest BCUT2D eigenvalue weighted by Gasteiger charge is 2.22. The number of nitrogens with one attached hydrogen (secondary N) is 1. The van der Waals surface area contributed by atoms with Crippen LogP contribution in [-0.4, -0.2) is 82.9 Å². The Labute approximate surface area is 123 Å². The van der Waals surface area contributed by atoms with Crippen LogP contribution in [0.3, 0.4) is 0 Å². The Morgan fingerprint density at radius 1 is 1.10 bits per heavy atom. The molecular weight excluding hydrogens is 278 g/mol. The SMILES string of the molecule is CCOCCCCNCCN1CCN(S(C)(=O)=O)CC1. The van der Waals surface area contributed by atoms with Gasteiger partial charge in [-0.3, -0.25) is 4.90 Å². The average molecular weight is 307 g/mol. The zero-order valence-corrected chi connectivity index (χ0v) is 13.6. The molecule has 0 aromatic rings. The van der Waals surface area contributed by atoms with Gasteiger partial charge in [0.1, 0.15) is 0 Å². The van der Waals surface area contributed by atoms with Crippen molar-refractivity contribution in [3.63, 3.8) is 0 Å². The van der Waals surface area contributed by atoms with E-state index in [1.54, 1.807) is 4.31 Å². The maximum absolute atomic E-state index is 11.4. The van der Waals surface area contributed by atoms with Crippen molar-refractivity contribution in [2.45, 2.75) is 19.8 Å². The van der Waals surface area contributed by atoms with Crippen LogP contribution < -0.4 is 5.32 Å². The minimum absolute atomic E-state index is 0.618. The third-order valence-corrected chi connectivity index (χ3v) is 4.80. The molecule has 1 heterocycles. The maximum atomic E-state index is 11.4. The van der Waals surface area contributed by atoms with Gasteiger partial charge in [0, 0.05) is 52.5 Å². The molecule has 7 heteroatoms. The molecule has 0 saturated carbocycles. The van der Waals surface area contributed by atoms with E-state index < -0.39 is 10.0 Å². The Morgan fingerprint density at radius 3 is 2.40 bits per heavy atom. The lowest BCUT2D eigenvalue weighted by Crippen LogP contribution is -2.49. The van der Waals surface area contributed by atoms with Gasteiger partial charge in [-0.05, 0) is 26.3 Å². The Bertz CT molecular complexity index is 341. The van der Waals surface area contributed by atoms with Crippen LogP contribution in [0.4, 0.5) is 0 Å².